The molecule has 0 fully saturated rings. The van der Waals surface area contributed by atoms with Gasteiger partial charge in [0, 0.05) is 18.3 Å². The standard InChI is InChI=1S/C21H34N6O7S/c1-11(2)6-16(21(33)34)27-20(32)15(8-17(28)29)26-19(31)14(4-5-35-3)25-18(30)13(22)7-12-9-23-10-24-12/h9-11,13-16H,4-8,22H2,1-3H3,(H,23,24)(H,25,30)(H,26,31)(H,27,32)(H,28,29)(H,33,34). The summed E-state index contributed by atoms with van der Waals surface area (Å²) in [6.45, 7) is 3.54. The molecule has 8 N–H and O–H groups in total. The van der Waals surface area contributed by atoms with Gasteiger partial charge in [0.15, 0.2) is 0 Å². The predicted molar refractivity (Wildman–Crippen MR) is 128 cm³/mol. The van der Waals surface area contributed by atoms with Gasteiger partial charge in [-0.1, -0.05) is 13.8 Å². The maximum atomic E-state index is 12.9. The summed E-state index contributed by atoms with van der Waals surface area (Å²) in [5.41, 5.74) is 6.56. The van der Waals surface area contributed by atoms with Gasteiger partial charge in [-0.15, -0.1) is 0 Å². The summed E-state index contributed by atoms with van der Waals surface area (Å²) < 4.78 is 0. The molecule has 0 spiro atoms. The topological polar surface area (TPSA) is 217 Å². The molecule has 0 bridgehead atoms. The van der Waals surface area contributed by atoms with Crippen molar-refractivity contribution in [3.8, 4) is 0 Å². The molecule has 0 aliphatic rings. The summed E-state index contributed by atoms with van der Waals surface area (Å²) in [4.78, 5) is 67.7. The number of hydrogen-bond donors (Lipinski definition) is 7. The summed E-state index contributed by atoms with van der Waals surface area (Å²) in [6.07, 6.45) is 4.47. The molecule has 1 aromatic rings. The number of H-pyrrole nitrogens is 1. The van der Waals surface area contributed by atoms with Crippen LogP contribution in [0.1, 0.15) is 38.8 Å². The van der Waals surface area contributed by atoms with Gasteiger partial charge in [-0.25, -0.2) is 9.78 Å². The van der Waals surface area contributed by atoms with E-state index in [2.05, 4.69) is 25.9 Å². The van der Waals surface area contributed by atoms with Gasteiger partial charge in [0.1, 0.15) is 18.1 Å². The van der Waals surface area contributed by atoms with E-state index in [4.69, 9.17) is 5.73 Å². The van der Waals surface area contributed by atoms with E-state index in [1.165, 1.54) is 24.3 Å². The maximum absolute atomic E-state index is 12.9. The Kier molecular flexibility index (Phi) is 12.8. The summed E-state index contributed by atoms with van der Waals surface area (Å²) in [7, 11) is 0. The molecule has 0 saturated heterocycles. The molecule has 196 valence electrons. The zero-order chi connectivity index (χ0) is 26.5. The Balaban J connectivity index is 2.93. The number of aromatic nitrogens is 2. The molecule has 0 aliphatic heterocycles. The summed E-state index contributed by atoms with van der Waals surface area (Å²) in [6, 6.07) is -4.85. The van der Waals surface area contributed by atoms with Crippen LogP contribution in [-0.2, 0) is 30.4 Å². The van der Waals surface area contributed by atoms with Crippen molar-refractivity contribution in [2.24, 2.45) is 11.7 Å². The molecule has 1 heterocycles. The molecule has 1 aromatic heterocycles. The molecule has 0 saturated carbocycles. The lowest BCUT2D eigenvalue weighted by molar-refractivity contribution is -0.144. The second-order valence-electron chi connectivity index (χ2n) is 8.42. The van der Waals surface area contributed by atoms with E-state index in [1.807, 2.05) is 6.26 Å². The SMILES string of the molecule is CSCCC(NC(=O)C(N)Cc1cnc[nH]1)C(=O)NC(CC(=O)O)C(=O)NC(CC(C)C)C(=O)O. The Morgan fingerprint density at radius 3 is 2.14 bits per heavy atom. The van der Waals surface area contributed by atoms with Crippen LogP contribution in [0.2, 0.25) is 0 Å². The first-order valence-electron chi connectivity index (χ1n) is 11.0. The smallest absolute Gasteiger partial charge is 0.326 e. The first-order valence-corrected chi connectivity index (χ1v) is 12.4. The monoisotopic (exact) mass is 514 g/mol. The van der Waals surface area contributed by atoms with Gasteiger partial charge in [-0.3, -0.25) is 19.2 Å². The lowest BCUT2D eigenvalue weighted by Crippen LogP contribution is -2.57. The van der Waals surface area contributed by atoms with Crippen molar-refractivity contribution in [3.05, 3.63) is 18.2 Å². The second-order valence-corrected chi connectivity index (χ2v) is 9.40. The largest absolute Gasteiger partial charge is 0.481 e. The van der Waals surface area contributed by atoms with E-state index < -0.39 is 60.2 Å². The van der Waals surface area contributed by atoms with E-state index in [0.717, 1.165) is 0 Å². The Hall–Kier alpha value is -3.13. The number of imidazole rings is 1. The van der Waals surface area contributed by atoms with Gasteiger partial charge in [0.05, 0.1) is 18.8 Å². The fourth-order valence-corrected chi connectivity index (χ4v) is 3.60. The fraction of sp³-hybridized carbons (Fsp3) is 0.619. The third-order valence-electron chi connectivity index (χ3n) is 4.91. The van der Waals surface area contributed by atoms with E-state index in [1.54, 1.807) is 13.8 Å². The Morgan fingerprint density at radius 2 is 1.63 bits per heavy atom. The number of nitrogens with two attached hydrogens (primary N) is 1. The number of aromatic amines is 1. The number of thioether (sulfide) groups is 1. The molecule has 0 radical (unpaired) electrons. The van der Waals surface area contributed by atoms with Crippen molar-refractivity contribution < 1.29 is 34.2 Å². The lowest BCUT2D eigenvalue weighted by Gasteiger charge is -2.25. The number of nitrogens with one attached hydrogen (secondary N) is 4. The normalized spacial score (nSPS) is 14.4. The molecular formula is C21H34N6O7S. The average molecular weight is 515 g/mol. The van der Waals surface area contributed by atoms with Crippen molar-refractivity contribution in [1.82, 2.24) is 25.9 Å². The minimum atomic E-state index is -1.54. The number of carboxylic acids is 2. The summed E-state index contributed by atoms with van der Waals surface area (Å²) in [5.74, 6) is -4.54. The van der Waals surface area contributed by atoms with E-state index in [-0.39, 0.29) is 25.2 Å². The number of nitrogens with zero attached hydrogens (tertiary/aromatic N) is 1. The highest BCUT2D eigenvalue weighted by Gasteiger charge is 2.31. The van der Waals surface area contributed by atoms with Gasteiger partial charge in [-0.2, -0.15) is 11.8 Å². The van der Waals surface area contributed by atoms with Crippen LogP contribution in [0.5, 0.6) is 0 Å². The van der Waals surface area contributed by atoms with Crippen molar-refractivity contribution in [2.45, 2.75) is 63.7 Å². The van der Waals surface area contributed by atoms with Crippen LogP contribution in [0.25, 0.3) is 0 Å². The fourth-order valence-electron chi connectivity index (χ4n) is 3.13. The number of carbonyl (C=O) groups is 5. The molecule has 3 amide bonds. The molecule has 0 aromatic carbocycles. The van der Waals surface area contributed by atoms with E-state index >= 15 is 0 Å². The number of rotatable bonds is 16. The molecule has 13 nitrogen and oxygen atoms in total. The van der Waals surface area contributed by atoms with Crippen LogP contribution in [-0.4, -0.2) is 86.0 Å². The predicted octanol–water partition coefficient (Wildman–Crippen LogP) is -0.908. The van der Waals surface area contributed by atoms with Gasteiger partial charge < -0.3 is 36.9 Å². The van der Waals surface area contributed by atoms with Gasteiger partial charge in [0.25, 0.3) is 0 Å². The summed E-state index contributed by atoms with van der Waals surface area (Å²) in [5, 5.41) is 25.7. The third kappa shape index (κ3) is 11.2. The minimum absolute atomic E-state index is 0.0546. The highest BCUT2D eigenvalue weighted by atomic mass is 32.2. The van der Waals surface area contributed by atoms with Crippen LogP contribution in [0.4, 0.5) is 0 Å². The Bertz CT molecular complexity index is 864. The Labute approximate surface area is 207 Å². The van der Waals surface area contributed by atoms with Crippen molar-refractivity contribution in [1.29, 1.82) is 0 Å². The quantitative estimate of drug-likeness (QED) is 0.144. The van der Waals surface area contributed by atoms with E-state index in [0.29, 0.717) is 11.4 Å². The van der Waals surface area contributed by atoms with Crippen LogP contribution in [0, 0.1) is 5.92 Å². The number of aliphatic carboxylic acids is 2. The van der Waals surface area contributed by atoms with Crippen LogP contribution >= 0.6 is 11.8 Å². The van der Waals surface area contributed by atoms with Crippen molar-refractivity contribution >= 4 is 41.4 Å². The van der Waals surface area contributed by atoms with Crippen LogP contribution in [0.3, 0.4) is 0 Å². The second kappa shape index (κ2) is 15.0. The molecule has 14 heteroatoms. The highest BCUT2D eigenvalue weighted by Crippen LogP contribution is 2.08. The molecule has 35 heavy (non-hydrogen) atoms. The maximum Gasteiger partial charge on any atom is 0.326 e. The van der Waals surface area contributed by atoms with Gasteiger partial charge >= 0.3 is 11.9 Å². The van der Waals surface area contributed by atoms with Gasteiger partial charge in [0.2, 0.25) is 17.7 Å². The van der Waals surface area contributed by atoms with Crippen LogP contribution < -0.4 is 21.7 Å². The highest BCUT2D eigenvalue weighted by molar-refractivity contribution is 7.98. The van der Waals surface area contributed by atoms with Crippen LogP contribution in [0.15, 0.2) is 12.5 Å². The molecule has 0 aliphatic carbocycles. The molecular weight excluding hydrogens is 480 g/mol. The van der Waals surface area contributed by atoms with Gasteiger partial charge in [-0.05, 0) is 30.8 Å². The minimum Gasteiger partial charge on any atom is -0.481 e. The van der Waals surface area contributed by atoms with E-state index in [9.17, 15) is 34.2 Å². The zero-order valence-electron chi connectivity index (χ0n) is 19.9. The molecule has 4 atom stereocenters. The zero-order valence-corrected chi connectivity index (χ0v) is 20.8. The Morgan fingerprint density at radius 1 is 1.03 bits per heavy atom. The third-order valence-corrected chi connectivity index (χ3v) is 5.55. The first-order chi connectivity index (χ1) is 16.4. The summed E-state index contributed by atoms with van der Waals surface area (Å²) >= 11 is 1.43. The van der Waals surface area contributed by atoms with Crippen molar-refractivity contribution in [3.63, 3.8) is 0 Å². The molecule has 1 rings (SSSR count). The molecule has 4 unspecified atom stereocenters. The number of carboxylic acid groups (broad SMARTS) is 2. The number of amides is 3. The average Bonchev–Trinajstić information content (AvgIpc) is 3.27. The van der Waals surface area contributed by atoms with Crippen molar-refractivity contribution in [2.75, 3.05) is 12.0 Å². The number of hydrogen-bond acceptors (Lipinski definition) is 8. The lowest BCUT2D eigenvalue weighted by atomic mass is 10.0. The first kappa shape index (κ1) is 29.9. The number of carbonyl (C=O) groups excluding carboxylic acids is 3.